The van der Waals surface area contributed by atoms with Gasteiger partial charge >= 0.3 is 0 Å². The lowest BCUT2D eigenvalue weighted by Crippen LogP contribution is -2.45. The van der Waals surface area contributed by atoms with Gasteiger partial charge in [-0.1, -0.05) is 24.3 Å². The first-order chi connectivity index (χ1) is 9.02. The van der Waals surface area contributed by atoms with Crippen LogP contribution in [0.4, 0.5) is 0 Å². The Labute approximate surface area is 110 Å². The minimum atomic E-state index is -1.05. The average Bonchev–Trinajstić information content (AvgIpc) is 2.40. The van der Waals surface area contributed by atoms with E-state index in [9.17, 15) is 14.7 Å². The van der Waals surface area contributed by atoms with Crippen LogP contribution in [0.1, 0.15) is 34.6 Å². The second kappa shape index (κ2) is 4.11. The van der Waals surface area contributed by atoms with E-state index in [0.29, 0.717) is 16.7 Å². The molecule has 19 heavy (non-hydrogen) atoms. The molecule has 1 heterocycles. The minimum Gasteiger partial charge on any atom is -0.386 e. The molecular formula is C15H14O4. The molecule has 3 rings (SSSR count). The van der Waals surface area contributed by atoms with E-state index in [1.807, 2.05) is 0 Å². The van der Waals surface area contributed by atoms with E-state index < -0.39 is 18.3 Å². The molecule has 1 N–H and O–H groups in total. The van der Waals surface area contributed by atoms with Crippen molar-refractivity contribution in [3.05, 3.63) is 46.5 Å². The van der Waals surface area contributed by atoms with Crippen molar-refractivity contribution in [3.8, 4) is 0 Å². The van der Waals surface area contributed by atoms with Crippen LogP contribution in [0.5, 0.6) is 0 Å². The van der Waals surface area contributed by atoms with Crippen LogP contribution in [0.2, 0.25) is 0 Å². The number of carbonyl (C=O) groups excluding carboxylic acids is 2. The van der Waals surface area contributed by atoms with E-state index in [2.05, 4.69) is 0 Å². The smallest absolute Gasteiger partial charge is 0.192 e. The van der Waals surface area contributed by atoms with Gasteiger partial charge in [-0.25, -0.2) is 0 Å². The minimum absolute atomic E-state index is 0.204. The number of hydrogen-bond acceptors (Lipinski definition) is 4. The number of hydrogen-bond donors (Lipinski definition) is 1. The number of ether oxygens (including phenoxy) is 1. The third-order valence-electron chi connectivity index (χ3n) is 3.76. The maximum atomic E-state index is 12.5. The molecule has 1 aromatic rings. The molecule has 4 heteroatoms. The fourth-order valence-corrected chi connectivity index (χ4v) is 2.81. The predicted octanol–water partition coefficient (Wildman–Crippen LogP) is 1.53. The Morgan fingerprint density at radius 1 is 1.00 bits per heavy atom. The molecule has 2 aliphatic rings. The molecule has 98 valence electrons. The summed E-state index contributed by atoms with van der Waals surface area (Å²) in [5.41, 5.74) is 1.26. The lowest BCUT2D eigenvalue weighted by atomic mass is 9.77. The molecular weight excluding hydrogens is 244 g/mol. The molecule has 0 unspecified atom stereocenters. The van der Waals surface area contributed by atoms with E-state index >= 15 is 0 Å². The van der Waals surface area contributed by atoms with Crippen LogP contribution < -0.4 is 0 Å². The van der Waals surface area contributed by atoms with Gasteiger partial charge in [0.25, 0.3) is 0 Å². The summed E-state index contributed by atoms with van der Waals surface area (Å²) < 4.78 is 5.52. The van der Waals surface area contributed by atoms with Crippen molar-refractivity contribution < 1.29 is 19.4 Å². The first kappa shape index (κ1) is 12.3. The van der Waals surface area contributed by atoms with Crippen molar-refractivity contribution >= 4 is 11.6 Å². The molecule has 1 aromatic carbocycles. The van der Waals surface area contributed by atoms with Crippen LogP contribution in [0.3, 0.4) is 0 Å². The number of aliphatic hydroxyl groups is 1. The Balaban J connectivity index is 2.25. The van der Waals surface area contributed by atoms with Crippen LogP contribution in [0, 0.1) is 0 Å². The van der Waals surface area contributed by atoms with Gasteiger partial charge in [0.2, 0.25) is 0 Å². The molecule has 0 aromatic heterocycles. The summed E-state index contributed by atoms with van der Waals surface area (Å²) in [6.07, 6.45) is -2.01. The monoisotopic (exact) mass is 258 g/mol. The number of ketones is 2. The van der Waals surface area contributed by atoms with Gasteiger partial charge in [-0.2, -0.15) is 0 Å². The quantitative estimate of drug-likeness (QED) is 0.766. The van der Waals surface area contributed by atoms with Gasteiger partial charge in [0.1, 0.15) is 6.10 Å². The van der Waals surface area contributed by atoms with Crippen LogP contribution in [-0.2, 0) is 4.74 Å². The molecule has 0 spiro atoms. The normalized spacial score (nSPS) is 30.2. The van der Waals surface area contributed by atoms with Crippen molar-refractivity contribution in [1.29, 1.82) is 0 Å². The zero-order valence-corrected chi connectivity index (χ0v) is 10.7. The predicted molar refractivity (Wildman–Crippen MR) is 68.1 cm³/mol. The molecule has 0 amide bonds. The number of rotatable bonds is 0. The topological polar surface area (TPSA) is 63.6 Å². The van der Waals surface area contributed by atoms with Gasteiger partial charge in [0, 0.05) is 22.3 Å². The third-order valence-corrected chi connectivity index (χ3v) is 3.76. The van der Waals surface area contributed by atoms with Gasteiger partial charge in [0.05, 0.1) is 12.2 Å². The second-order valence-electron chi connectivity index (χ2n) is 4.96. The summed E-state index contributed by atoms with van der Waals surface area (Å²) in [5.74, 6) is -0.483. The van der Waals surface area contributed by atoms with Crippen molar-refractivity contribution in [1.82, 2.24) is 0 Å². The van der Waals surface area contributed by atoms with Gasteiger partial charge in [-0.3, -0.25) is 9.59 Å². The first-order valence-electron chi connectivity index (χ1n) is 6.28. The summed E-state index contributed by atoms with van der Waals surface area (Å²) in [6.45, 7) is 3.43. The van der Waals surface area contributed by atoms with Crippen LogP contribution in [0.25, 0.3) is 0 Å². The fourth-order valence-electron chi connectivity index (χ4n) is 2.81. The third kappa shape index (κ3) is 1.60. The number of carbonyl (C=O) groups is 2. The molecule has 0 radical (unpaired) electrons. The maximum absolute atomic E-state index is 12.5. The molecule has 1 aliphatic heterocycles. The van der Waals surface area contributed by atoms with Gasteiger partial charge in [-0.05, 0) is 13.8 Å². The standard InChI is InChI=1S/C15H14O4/c1-7-11-12(13(16)8(2)19-7)15(18)10-6-4-3-5-9(10)14(11)17/h3-8,13,16H,1-2H3/t7-,8-,13-/m0/s1. The van der Waals surface area contributed by atoms with Crippen LogP contribution in [-0.4, -0.2) is 35.0 Å². The van der Waals surface area contributed by atoms with Crippen LogP contribution in [0.15, 0.2) is 35.4 Å². The van der Waals surface area contributed by atoms with Gasteiger partial charge in [0.15, 0.2) is 11.6 Å². The Morgan fingerprint density at radius 3 is 2.11 bits per heavy atom. The summed E-state index contributed by atoms with van der Waals surface area (Å²) >= 11 is 0. The Bertz CT molecular complexity index is 614. The molecule has 3 atom stereocenters. The summed E-state index contributed by atoms with van der Waals surface area (Å²) in [4.78, 5) is 24.9. The maximum Gasteiger partial charge on any atom is 0.192 e. The van der Waals surface area contributed by atoms with E-state index in [1.54, 1.807) is 38.1 Å². The summed E-state index contributed by atoms with van der Waals surface area (Å²) in [5, 5.41) is 10.1. The van der Waals surface area contributed by atoms with Crippen molar-refractivity contribution in [2.24, 2.45) is 0 Å². The number of benzene rings is 1. The molecule has 1 aliphatic carbocycles. The van der Waals surface area contributed by atoms with Crippen molar-refractivity contribution in [3.63, 3.8) is 0 Å². The Hall–Kier alpha value is -1.78. The number of Topliss-reactive ketones (excluding diaryl/α,β-unsaturated/α-hetero) is 2. The molecule has 0 saturated heterocycles. The molecule has 4 nitrogen and oxygen atoms in total. The summed E-state index contributed by atoms with van der Waals surface area (Å²) in [6, 6.07) is 6.70. The lowest BCUT2D eigenvalue weighted by molar-refractivity contribution is -0.0492. The summed E-state index contributed by atoms with van der Waals surface area (Å²) in [7, 11) is 0. The highest BCUT2D eigenvalue weighted by atomic mass is 16.5. The lowest BCUT2D eigenvalue weighted by Gasteiger charge is -2.36. The number of fused-ring (bicyclic) bond motifs is 1. The number of aliphatic hydroxyl groups excluding tert-OH is 1. The molecule has 0 bridgehead atoms. The zero-order chi connectivity index (χ0) is 13.7. The van der Waals surface area contributed by atoms with E-state index in [0.717, 1.165) is 0 Å². The largest absolute Gasteiger partial charge is 0.386 e. The SMILES string of the molecule is C[C@@H]1O[C@@H](C)[C@H](O)C2=C1C(=O)c1ccccc1C2=O. The van der Waals surface area contributed by atoms with E-state index in [4.69, 9.17) is 4.74 Å². The highest BCUT2D eigenvalue weighted by Crippen LogP contribution is 2.35. The Kier molecular flexibility index (Phi) is 2.66. The highest BCUT2D eigenvalue weighted by Gasteiger charge is 2.43. The highest BCUT2D eigenvalue weighted by molar-refractivity contribution is 6.27. The van der Waals surface area contributed by atoms with Crippen LogP contribution >= 0.6 is 0 Å². The Morgan fingerprint density at radius 2 is 1.53 bits per heavy atom. The fraction of sp³-hybridized carbons (Fsp3) is 0.333. The van der Waals surface area contributed by atoms with Crippen molar-refractivity contribution in [2.45, 2.75) is 32.2 Å². The zero-order valence-electron chi connectivity index (χ0n) is 10.7. The van der Waals surface area contributed by atoms with E-state index in [-0.39, 0.29) is 17.1 Å². The van der Waals surface area contributed by atoms with Gasteiger partial charge in [-0.15, -0.1) is 0 Å². The van der Waals surface area contributed by atoms with Gasteiger partial charge < -0.3 is 9.84 Å². The molecule has 0 saturated carbocycles. The second-order valence-corrected chi connectivity index (χ2v) is 4.96. The first-order valence-corrected chi connectivity index (χ1v) is 6.28. The van der Waals surface area contributed by atoms with Crippen molar-refractivity contribution in [2.75, 3.05) is 0 Å². The van der Waals surface area contributed by atoms with E-state index in [1.165, 1.54) is 0 Å². The molecule has 0 fully saturated rings. The average molecular weight is 258 g/mol.